The summed E-state index contributed by atoms with van der Waals surface area (Å²) in [7, 11) is 0. The van der Waals surface area contributed by atoms with Gasteiger partial charge in [-0.1, -0.05) is 31.1 Å². The van der Waals surface area contributed by atoms with E-state index >= 15 is 0 Å². The maximum Gasteiger partial charge on any atom is 0.225 e. The number of rotatable bonds is 7. The molecule has 4 atom stereocenters. The summed E-state index contributed by atoms with van der Waals surface area (Å²) in [5.41, 5.74) is 3.59. The van der Waals surface area contributed by atoms with Crippen LogP contribution in [0.4, 0.5) is 11.8 Å². The fourth-order valence-electron chi connectivity index (χ4n) is 4.82. The molecule has 8 nitrogen and oxygen atoms in total. The van der Waals surface area contributed by atoms with Crippen LogP contribution in [0.15, 0.2) is 34.9 Å². The quantitative estimate of drug-likeness (QED) is 0.339. The Kier molecular flexibility index (Phi) is 6.22. The number of para-hydroxylation sites is 1. The Morgan fingerprint density at radius 1 is 1.12 bits per heavy atom. The third kappa shape index (κ3) is 4.37. The molecule has 1 saturated carbocycles. The number of anilines is 2. The van der Waals surface area contributed by atoms with Gasteiger partial charge < -0.3 is 20.3 Å². The zero-order valence-electron chi connectivity index (χ0n) is 19.9. The number of aryl methyl sites for hydroxylation is 2. The van der Waals surface area contributed by atoms with Gasteiger partial charge in [0, 0.05) is 18.7 Å². The van der Waals surface area contributed by atoms with Crippen molar-refractivity contribution in [2.45, 2.75) is 46.7 Å². The van der Waals surface area contributed by atoms with Gasteiger partial charge >= 0.3 is 0 Å². The number of hydrogen-bond acceptors (Lipinski definition) is 9. The molecule has 0 saturated heterocycles. The van der Waals surface area contributed by atoms with E-state index in [-0.39, 0.29) is 18.6 Å². The third-order valence-corrected chi connectivity index (χ3v) is 8.07. The minimum absolute atomic E-state index is 0.208. The molecular formula is C25H30N6O2S. The summed E-state index contributed by atoms with van der Waals surface area (Å²) in [6, 6.07) is 10.2. The van der Waals surface area contributed by atoms with Gasteiger partial charge in [-0.25, -0.2) is 9.97 Å². The Morgan fingerprint density at radius 3 is 2.65 bits per heavy atom. The molecule has 3 aromatic heterocycles. The number of fused-ring (bicyclic) bond motifs is 1. The summed E-state index contributed by atoms with van der Waals surface area (Å²) >= 11 is 1.65. The van der Waals surface area contributed by atoms with Crippen molar-refractivity contribution in [2.24, 2.45) is 17.8 Å². The molecule has 1 aliphatic rings. The van der Waals surface area contributed by atoms with Gasteiger partial charge in [0.1, 0.15) is 10.8 Å². The van der Waals surface area contributed by atoms with Crippen molar-refractivity contribution in [2.75, 3.05) is 17.2 Å². The lowest BCUT2D eigenvalue weighted by molar-refractivity contribution is 0.191. The molecule has 3 N–H and O–H groups in total. The van der Waals surface area contributed by atoms with E-state index in [1.807, 2.05) is 38.1 Å². The van der Waals surface area contributed by atoms with Gasteiger partial charge in [-0.15, -0.1) is 11.3 Å². The lowest BCUT2D eigenvalue weighted by atomic mass is 9.92. The van der Waals surface area contributed by atoms with Gasteiger partial charge in [0.05, 0.1) is 33.7 Å². The normalized spacial score (nSPS) is 22.4. The Labute approximate surface area is 202 Å². The summed E-state index contributed by atoms with van der Waals surface area (Å²) in [5.74, 6) is 3.15. The number of aromatic nitrogens is 4. The molecule has 9 heteroatoms. The monoisotopic (exact) mass is 478 g/mol. The highest BCUT2D eigenvalue weighted by atomic mass is 32.1. The molecule has 0 radical (unpaired) electrons. The topological polar surface area (TPSA) is 109 Å². The molecule has 0 bridgehead atoms. The molecule has 1 aliphatic carbocycles. The standard InChI is InChI=1S/C25H30N6O2S/c1-13-9-18(33-31-13)11-26-25-27-16(4)22(24-29-19-7-5-6-8-21(19)34-24)23(30-25)28-20-10-17(12-32)14(2)15(20)3/h5-9,14-15,17,20,32H,10-12H2,1-4H3,(H2,26,27,28,30)/t14-,15+,17+,20+/m0/s1. The average molecular weight is 479 g/mol. The van der Waals surface area contributed by atoms with Crippen LogP contribution in [0.2, 0.25) is 0 Å². The van der Waals surface area contributed by atoms with Crippen LogP contribution >= 0.6 is 11.3 Å². The molecule has 0 aliphatic heterocycles. The van der Waals surface area contributed by atoms with Crippen LogP contribution < -0.4 is 10.6 Å². The fourth-order valence-corrected chi connectivity index (χ4v) is 5.88. The predicted molar refractivity (Wildman–Crippen MR) is 135 cm³/mol. The van der Waals surface area contributed by atoms with Gasteiger partial charge in [0.2, 0.25) is 5.95 Å². The van der Waals surface area contributed by atoms with Crippen LogP contribution in [0.1, 0.15) is 37.4 Å². The van der Waals surface area contributed by atoms with Crippen LogP contribution in [0, 0.1) is 31.6 Å². The van der Waals surface area contributed by atoms with Gasteiger partial charge in [0.25, 0.3) is 0 Å². The van der Waals surface area contributed by atoms with Crippen molar-refractivity contribution in [1.29, 1.82) is 0 Å². The van der Waals surface area contributed by atoms with Gasteiger partial charge in [-0.3, -0.25) is 0 Å². The second kappa shape index (κ2) is 9.31. The van der Waals surface area contributed by atoms with E-state index in [2.05, 4.69) is 35.7 Å². The first-order valence-electron chi connectivity index (χ1n) is 11.7. The van der Waals surface area contributed by atoms with Crippen molar-refractivity contribution < 1.29 is 9.63 Å². The number of nitrogens with zero attached hydrogens (tertiary/aromatic N) is 4. The highest BCUT2D eigenvalue weighted by Crippen LogP contribution is 2.41. The minimum atomic E-state index is 0.208. The van der Waals surface area contributed by atoms with Crippen LogP contribution in [0.25, 0.3) is 20.8 Å². The summed E-state index contributed by atoms with van der Waals surface area (Å²) in [5, 5.41) is 21.7. The molecule has 0 spiro atoms. The molecule has 0 unspecified atom stereocenters. The molecule has 1 fully saturated rings. The van der Waals surface area contributed by atoms with Crippen molar-refractivity contribution in [1.82, 2.24) is 20.1 Å². The number of hydrogen-bond donors (Lipinski definition) is 3. The highest BCUT2D eigenvalue weighted by Gasteiger charge is 2.38. The fraction of sp³-hybridized carbons (Fsp3) is 0.440. The first kappa shape index (κ1) is 22.7. The highest BCUT2D eigenvalue weighted by molar-refractivity contribution is 7.21. The Hall–Kier alpha value is -3.04. The van der Waals surface area contributed by atoms with Crippen LogP contribution in [0.5, 0.6) is 0 Å². The first-order valence-corrected chi connectivity index (χ1v) is 12.5. The third-order valence-electron chi connectivity index (χ3n) is 7.02. The first-order chi connectivity index (χ1) is 16.4. The Bertz CT molecular complexity index is 1270. The molecule has 3 heterocycles. The van der Waals surface area contributed by atoms with Crippen LogP contribution in [0.3, 0.4) is 0 Å². The maximum atomic E-state index is 9.83. The van der Waals surface area contributed by atoms with E-state index in [0.29, 0.717) is 24.3 Å². The number of nitrogens with one attached hydrogen (secondary N) is 2. The maximum absolute atomic E-state index is 9.83. The van der Waals surface area contributed by atoms with Gasteiger partial charge in [-0.05, 0) is 50.2 Å². The molecular weight excluding hydrogens is 448 g/mol. The smallest absolute Gasteiger partial charge is 0.225 e. The van der Waals surface area contributed by atoms with E-state index in [1.54, 1.807) is 11.3 Å². The van der Waals surface area contributed by atoms with Gasteiger partial charge in [-0.2, -0.15) is 4.98 Å². The SMILES string of the molecule is Cc1cc(CNc2nc(C)c(-c3nc4ccccc4s3)c(N[C@@H]3C[C@H](CO)[C@@H](C)[C@H]3C)n2)on1. The number of benzene rings is 1. The van der Waals surface area contributed by atoms with Crippen molar-refractivity contribution in [3.63, 3.8) is 0 Å². The number of aliphatic hydroxyl groups is 1. The molecule has 5 rings (SSSR count). The van der Waals surface area contributed by atoms with E-state index in [0.717, 1.165) is 50.2 Å². The molecule has 4 aromatic rings. The Balaban J connectivity index is 1.51. The second-order valence-electron chi connectivity index (χ2n) is 9.28. The van der Waals surface area contributed by atoms with E-state index in [1.165, 1.54) is 0 Å². The van der Waals surface area contributed by atoms with Crippen molar-refractivity contribution in [3.05, 3.63) is 47.5 Å². The number of thiazole rings is 1. The Morgan fingerprint density at radius 2 is 1.94 bits per heavy atom. The molecule has 178 valence electrons. The average Bonchev–Trinajstić information content (AvgIpc) is 3.51. The lowest BCUT2D eigenvalue weighted by Crippen LogP contribution is -2.25. The minimum Gasteiger partial charge on any atom is -0.396 e. The summed E-state index contributed by atoms with van der Waals surface area (Å²) < 4.78 is 6.45. The molecule has 0 amide bonds. The lowest BCUT2D eigenvalue weighted by Gasteiger charge is -2.22. The van der Waals surface area contributed by atoms with E-state index in [9.17, 15) is 5.11 Å². The van der Waals surface area contributed by atoms with Crippen molar-refractivity contribution in [3.8, 4) is 10.6 Å². The van der Waals surface area contributed by atoms with Crippen LogP contribution in [-0.2, 0) is 6.54 Å². The summed E-state index contributed by atoms with van der Waals surface area (Å²) in [6.45, 7) is 9.01. The van der Waals surface area contributed by atoms with E-state index < -0.39 is 0 Å². The second-order valence-corrected chi connectivity index (χ2v) is 10.3. The molecule has 1 aromatic carbocycles. The zero-order valence-corrected chi connectivity index (χ0v) is 20.7. The van der Waals surface area contributed by atoms with Crippen molar-refractivity contribution >= 4 is 33.3 Å². The van der Waals surface area contributed by atoms with E-state index in [4.69, 9.17) is 19.5 Å². The predicted octanol–water partition coefficient (Wildman–Crippen LogP) is 5.04. The van der Waals surface area contributed by atoms with Gasteiger partial charge in [0.15, 0.2) is 5.76 Å². The van der Waals surface area contributed by atoms with Crippen LogP contribution in [-0.4, -0.2) is 37.9 Å². The largest absolute Gasteiger partial charge is 0.396 e. The summed E-state index contributed by atoms with van der Waals surface area (Å²) in [4.78, 5) is 14.5. The number of aliphatic hydroxyl groups excluding tert-OH is 1. The molecule has 34 heavy (non-hydrogen) atoms. The summed E-state index contributed by atoms with van der Waals surface area (Å²) in [6.07, 6.45) is 0.904. The zero-order chi connectivity index (χ0) is 23.8.